The molecule has 2 aliphatic rings. The van der Waals surface area contributed by atoms with Gasteiger partial charge in [0.2, 0.25) is 0 Å². The van der Waals surface area contributed by atoms with Crippen molar-refractivity contribution in [1.82, 2.24) is 0 Å². The summed E-state index contributed by atoms with van der Waals surface area (Å²) < 4.78 is 78.7. The summed E-state index contributed by atoms with van der Waals surface area (Å²) in [7, 11) is 0. The van der Waals surface area contributed by atoms with Crippen molar-refractivity contribution in [1.29, 1.82) is 0 Å². The van der Waals surface area contributed by atoms with E-state index in [1.54, 1.807) is 0 Å². The van der Waals surface area contributed by atoms with Crippen LogP contribution in [0.3, 0.4) is 0 Å². The minimum Gasteiger partial charge on any atom is -0.489 e. The summed E-state index contributed by atoms with van der Waals surface area (Å²) in [6.07, 6.45) is 2.00. The van der Waals surface area contributed by atoms with E-state index in [2.05, 4.69) is 6.58 Å². The summed E-state index contributed by atoms with van der Waals surface area (Å²) in [4.78, 5) is 0. The van der Waals surface area contributed by atoms with Crippen LogP contribution in [-0.2, 0) is 16.1 Å². The summed E-state index contributed by atoms with van der Waals surface area (Å²) in [5, 5.41) is 0. The Morgan fingerprint density at radius 3 is 2.14 bits per heavy atom. The number of allylic oxidation sites excluding steroid dienone is 1. The quantitative estimate of drug-likeness (QED) is 0.250. The van der Waals surface area contributed by atoms with Gasteiger partial charge < -0.3 is 18.9 Å². The second kappa shape index (κ2) is 12.1. The third-order valence-corrected chi connectivity index (χ3v) is 6.81. The fourth-order valence-corrected chi connectivity index (χ4v) is 4.78. The van der Waals surface area contributed by atoms with Gasteiger partial charge in [-0.25, -0.2) is 8.78 Å². The highest BCUT2D eigenvalue weighted by atomic mass is 19.3. The molecule has 0 aromatic heterocycles. The van der Waals surface area contributed by atoms with Crippen LogP contribution in [0, 0.1) is 29.4 Å². The number of rotatable bonds is 10. The second-order valence-corrected chi connectivity index (χ2v) is 9.58. The Labute approximate surface area is 209 Å². The normalized spacial score (nSPS) is 24.8. The van der Waals surface area contributed by atoms with Crippen molar-refractivity contribution in [3.8, 4) is 11.5 Å². The van der Waals surface area contributed by atoms with Gasteiger partial charge in [0.1, 0.15) is 29.7 Å². The zero-order valence-electron chi connectivity index (χ0n) is 20.1. The molecule has 196 valence electrons. The maximum atomic E-state index is 14.9. The van der Waals surface area contributed by atoms with Gasteiger partial charge in [-0.1, -0.05) is 6.08 Å². The van der Waals surface area contributed by atoms with Crippen LogP contribution >= 0.6 is 0 Å². The molecule has 0 radical (unpaired) electrons. The largest absolute Gasteiger partial charge is 0.489 e. The van der Waals surface area contributed by atoms with E-state index in [1.165, 1.54) is 36.4 Å². The third kappa shape index (κ3) is 7.23. The number of alkyl halides is 2. The average Bonchev–Trinajstić information content (AvgIpc) is 2.87. The summed E-state index contributed by atoms with van der Waals surface area (Å²) in [6, 6.07) is 8.88. The number of halogens is 4. The van der Waals surface area contributed by atoms with Gasteiger partial charge in [0.25, 0.3) is 0 Å². The molecule has 36 heavy (non-hydrogen) atoms. The SMILES string of the molecule is C=CCCC1COC(C2CCC(C(F)(F)Oc3ccc(OCc4cc(F)cc(F)c4)cc3)CC2)OC1. The molecule has 8 heteroatoms. The standard InChI is InChI=1S/C28H32F4O4/c1-2-3-4-19-16-34-27(35-17-19)21-5-7-22(8-6-21)28(31,32)36-26-11-9-25(10-12-26)33-18-20-13-23(29)15-24(30)14-20/h2,9-15,19,21-22,27H,1,3-8,16-18H2. The first-order chi connectivity index (χ1) is 17.3. The molecule has 0 N–H and O–H groups in total. The first-order valence-corrected chi connectivity index (χ1v) is 12.4. The van der Waals surface area contributed by atoms with Crippen molar-refractivity contribution in [3.63, 3.8) is 0 Å². The first kappa shape index (κ1) is 26.5. The van der Waals surface area contributed by atoms with E-state index >= 15 is 0 Å². The summed E-state index contributed by atoms with van der Waals surface area (Å²) in [5.41, 5.74) is 0.325. The fraction of sp³-hybridized carbons (Fsp3) is 0.500. The fourth-order valence-electron chi connectivity index (χ4n) is 4.78. The van der Waals surface area contributed by atoms with Crippen molar-refractivity contribution in [3.05, 3.63) is 72.3 Å². The van der Waals surface area contributed by atoms with E-state index in [9.17, 15) is 17.6 Å². The summed E-state index contributed by atoms with van der Waals surface area (Å²) in [5.74, 6) is -1.42. The van der Waals surface area contributed by atoms with E-state index in [-0.39, 0.29) is 24.6 Å². The lowest BCUT2D eigenvalue weighted by molar-refractivity contribution is -0.247. The van der Waals surface area contributed by atoms with Crippen molar-refractivity contribution in [2.45, 2.75) is 57.5 Å². The Kier molecular flexibility index (Phi) is 8.90. The van der Waals surface area contributed by atoms with Crippen LogP contribution in [0.4, 0.5) is 17.6 Å². The summed E-state index contributed by atoms with van der Waals surface area (Å²) in [6.45, 7) is 4.95. The minimum atomic E-state index is -3.31. The van der Waals surface area contributed by atoms with Gasteiger partial charge in [0, 0.05) is 17.9 Å². The Morgan fingerprint density at radius 1 is 0.917 bits per heavy atom. The van der Waals surface area contributed by atoms with Gasteiger partial charge in [-0.15, -0.1) is 6.58 Å². The topological polar surface area (TPSA) is 36.9 Å². The van der Waals surface area contributed by atoms with Crippen molar-refractivity contribution in [2.75, 3.05) is 13.2 Å². The highest BCUT2D eigenvalue weighted by molar-refractivity contribution is 5.32. The van der Waals surface area contributed by atoms with Crippen molar-refractivity contribution in [2.24, 2.45) is 17.8 Å². The number of benzene rings is 2. The molecule has 1 saturated carbocycles. The molecule has 2 fully saturated rings. The second-order valence-electron chi connectivity index (χ2n) is 9.58. The Bertz CT molecular complexity index is 961. The molecule has 2 aromatic rings. The van der Waals surface area contributed by atoms with Crippen LogP contribution in [0.2, 0.25) is 0 Å². The van der Waals surface area contributed by atoms with Crippen LogP contribution in [0.25, 0.3) is 0 Å². The molecular formula is C28H32F4O4. The predicted octanol–water partition coefficient (Wildman–Crippen LogP) is 7.28. The Balaban J connectivity index is 1.22. The Morgan fingerprint density at radius 2 is 1.53 bits per heavy atom. The molecule has 0 spiro atoms. The molecule has 0 atom stereocenters. The predicted molar refractivity (Wildman–Crippen MR) is 127 cm³/mol. The molecule has 4 rings (SSSR count). The monoisotopic (exact) mass is 508 g/mol. The molecular weight excluding hydrogens is 476 g/mol. The highest BCUT2D eigenvalue weighted by Gasteiger charge is 2.45. The number of hydrogen-bond donors (Lipinski definition) is 0. The molecule has 1 heterocycles. The zero-order chi connectivity index (χ0) is 25.5. The molecule has 0 unspecified atom stereocenters. The van der Waals surface area contributed by atoms with Crippen molar-refractivity contribution < 1.29 is 36.5 Å². The average molecular weight is 509 g/mol. The molecule has 1 aliphatic heterocycles. The van der Waals surface area contributed by atoms with E-state index in [1.807, 2.05) is 6.08 Å². The smallest absolute Gasteiger partial charge is 0.400 e. The molecule has 2 aromatic carbocycles. The lowest BCUT2D eigenvalue weighted by Crippen LogP contribution is -2.42. The Hall–Kier alpha value is -2.58. The maximum absolute atomic E-state index is 14.9. The van der Waals surface area contributed by atoms with Crippen LogP contribution in [0.1, 0.15) is 44.1 Å². The third-order valence-electron chi connectivity index (χ3n) is 6.81. The van der Waals surface area contributed by atoms with Crippen LogP contribution < -0.4 is 9.47 Å². The number of ether oxygens (including phenoxy) is 4. The van der Waals surface area contributed by atoms with Gasteiger partial charge in [0.05, 0.1) is 19.1 Å². The van der Waals surface area contributed by atoms with E-state index in [0.29, 0.717) is 56.1 Å². The van der Waals surface area contributed by atoms with Crippen LogP contribution in [0.5, 0.6) is 11.5 Å². The van der Waals surface area contributed by atoms with Crippen LogP contribution in [-0.4, -0.2) is 25.6 Å². The minimum absolute atomic E-state index is 0.0239. The number of hydrogen-bond acceptors (Lipinski definition) is 4. The lowest BCUT2D eigenvalue weighted by atomic mass is 9.80. The van der Waals surface area contributed by atoms with Gasteiger partial charge in [-0.2, -0.15) is 8.78 Å². The van der Waals surface area contributed by atoms with Crippen molar-refractivity contribution >= 4 is 0 Å². The zero-order valence-corrected chi connectivity index (χ0v) is 20.1. The molecule has 1 aliphatic carbocycles. The van der Waals surface area contributed by atoms with Gasteiger partial charge >= 0.3 is 6.11 Å². The van der Waals surface area contributed by atoms with E-state index in [0.717, 1.165) is 18.9 Å². The highest BCUT2D eigenvalue weighted by Crippen LogP contribution is 2.42. The maximum Gasteiger partial charge on any atom is 0.400 e. The molecule has 1 saturated heterocycles. The summed E-state index contributed by atoms with van der Waals surface area (Å²) >= 11 is 0. The lowest BCUT2D eigenvalue weighted by Gasteiger charge is -2.39. The van der Waals surface area contributed by atoms with E-state index in [4.69, 9.17) is 18.9 Å². The molecule has 0 bridgehead atoms. The molecule has 0 amide bonds. The van der Waals surface area contributed by atoms with Crippen LogP contribution in [0.15, 0.2) is 55.1 Å². The van der Waals surface area contributed by atoms with Gasteiger partial charge in [-0.05, 0) is 80.5 Å². The molecule has 4 nitrogen and oxygen atoms in total. The van der Waals surface area contributed by atoms with Gasteiger partial charge in [0.15, 0.2) is 6.29 Å². The van der Waals surface area contributed by atoms with E-state index < -0.39 is 23.7 Å². The van der Waals surface area contributed by atoms with Gasteiger partial charge in [-0.3, -0.25) is 0 Å². The first-order valence-electron chi connectivity index (χ1n) is 12.4.